The lowest BCUT2D eigenvalue weighted by atomic mass is 10.1. The standard InChI is InChI=1S/C15H22N4O/c1-10(14(20)19-15(2,3)4)18-12-5-6-13(17)11(9-12)7-8-16/h5-6,9-10,18H,7,17H2,1-4H3,(H,19,20). The molecule has 0 aromatic heterocycles. The molecule has 0 bridgehead atoms. The molecule has 5 heteroatoms. The minimum Gasteiger partial charge on any atom is -0.398 e. The van der Waals surface area contributed by atoms with Crippen LogP contribution < -0.4 is 16.4 Å². The van der Waals surface area contributed by atoms with Crippen molar-refractivity contribution in [1.82, 2.24) is 5.32 Å². The molecule has 5 nitrogen and oxygen atoms in total. The van der Waals surface area contributed by atoms with Crippen LogP contribution >= 0.6 is 0 Å². The summed E-state index contributed by atoms with van der Waals surface area (Å²) in [4.78, 5) is 12.0. The normalized spacial score (nSPS) is 12.3. The Balaban J connectivity index is 2.76. The molecule has 0 aliphatic carbocycles. The third-order valence-corrected chi connectivity index (χ3v) is 2.69. The smallest absolute Gasteiger partial charge is 0.242 e. The third kappa shape index (κ3) is 4.81. The first-order chi connectivity index (χ1) is 9.23. The fraction of sp³-hybridized carbons (Fsp3) is 0.467. The van der Waals surface area contributed by atoms with Crippen molar-refractivity contribution in [3.8, 4) is 6.07 Å². The van der Waals surface area contributed by atoms with Gasteiger partial charge in [-0.05, 0) is 51.5 Å². The summed E-state index contributed by atoms with van der Waals surface area (Å²) < 4.78 is 0. The van der Waals surface area contributed by atoms with Gasteiger partial charge in [0, 0.05) is 16.9 Å². The SMILES string of the molecule is CC(Nc1ccc(N)c(CC#N)c1)C(=O)NC(C)(C)C. The summed E-state index contributed by atoms with van der Waals surface area (Å²) in [6.07, 6.45) is 0.254. The second kappa shape index (κ2) is 6.29. The van der Waals surface area contributed by atoms with Gasteiger partial charge in [0.1, 0.15) is 6.04 Å². The van der Waals surface area contributed by atoms with Crippen molar-refractivity contribution in [2.24, 2.45) is 0 Å². The molecule has 0 fully saturated rings. The van der Waals surface area contributed by atoms with Gasteiger partial charge >= 0.3 is 0 Å². The van der Waals surface area contributed by atoms with Crippen molar-refractivity contribution in [3.05, 3.63) is 23.8 Å². The van der Waals surface area contributed by atoms with E-state index < -0.39 is 0 Å². The molecule has 0 heterocycles. The Kier molecular flexibility index (Phi) is 4.98. The van der Waals surface area contributed by atoms with Crippen LogP contribution in [0.15, 0.2) is 18.2 Å². The van der Waals surface area contributed by atoms with Gasteiger partial charge in [-0.2, -0.15) is 5.26 Å². The Morgan fingerprint density at radius 2 is 2.10 bits per heavy atom. The van der Waals surface area contributed by atoms with Crippen molar-refractivity contribution in [2.75, 3.05) is 11.1 Å². The Labute approximate surface area is 120 Å². The zero-order valence-corrected chi connectivity index (χ0v) is 12.4. The average molecular weight is 274 g/mol. The lowest BCUT2D eigenvalue weighted by Crippen LogP contribution is -2.47. The molecule has 4 N–H and O–H groups in total. The highest BCUT2D eigenvalue weighted by Gasteiger charge is 2.19. The summed E-state index contributed by atoms with van der Waals surface area (Å²) in [5.74, 6) is -0.0730. The van der Waals surface area contributed by atoms with Gasteiger partial charge in [-0.3, -0.25) is 4.79 Å². The van der Waals surface area contributed by atoms with E-state index in [-0.39, 0.29) is 23.9 Å². The molecule has 1 aromatic rings. The van der Waals surface area contributed by atoms with Gasteiger partial charge in [-0.25, -0.2) is 0 Å². The highest BCUT2D eigenvalue weighted by Crippen LogP contribution is 2.19. The Morgan fingerprint density at radius 1 is 1.45 bits per heavy atom. The lowest BCUT2D eigenvalue weighted by molar-refractivity contribution is -0.122. The molecule has 0 spiro atoms. The van der Waals surface area contributed by atoms with Gasteiger partial charge in [0.15, 0.2) is 0 Å². The zero-order chi connectivity index (χ0) is 15.3. The third-order valence-electron chi connectivity index (χ3n) is 2.69. The van der Waals surface area contributed by atoms with E-state index in [1.807, 2.05) is 20.8 Å². The Bertz CT molecular complexity index is 526. The van der Waals surface area contributed by atoms with Crippen LogP contribution in [0.2, 0.25) is 0 Å². The molecule has 1 unspecified atom stereocenters. The molecular weight excluding hydrogens is 252 g/mol. The van der Waals surface area contributed by atoms with Gasteiger partial charge in [0.05, 0.1) is 12.5 Å². The van der Waals surface area contributed by atoms with Crippen LogP contribution in [0, 0.1) is 11.3 Å². The number of amides is 1. The fourth-order valence-corrected chi connectivity index (χ4v) is 1.73. The molecule has 1 amide bonds. The minimum absolute atomic E-state index is 0.0730. The largest absolute Gasteiger partial charge is 0.398 e. The number of hydrogen-bond donors (Lipinski definition) is 3. The molecular formula is C15H22N4O. The van der Waals surface area contributed by atoms with E-state index in [1.54, 1.807) is 25.1 Å². The van der Waals surface area contributed by atoms with Crippen molar-refractivity contribution in [3.63, 3.8) is 0 Å². The lowest BCUT2D eigenvalue weighted by Gasteiger charge is -2.24. The number of nitriles is 1. The maximum absolute atomic E-state index is 12.0. The number of nitrogens with one attached hydrogen (secondary N) is 2. The van der Waals surface area contributed by atoms with Gasteiger partial charge in [0.25, 0.3) is 0 Å². The highest BCUT2D eigenvalue weighted by molar-refractivity contribution is 5.84. The van der Waals surface area contributed by atoms with Gasteiger partial charge in [-0.15, -0.1) is 0 Å². The van der Waals surface area contributed by atoms with E-state index in [0.29, 0.717) is 5.69 Å². The number of nitrogen functional groups attached to an aromatic ring is 1. The molecule has 1 rings (SSSR count). The van der Waals surface area contributed by atoms with Crippen LogP contribution in [0.5, 0.6) is 0 Å². The summed E-state index contributed by atoms with van der Waals surface area (Å²) in [7, 11) is 0. The first-order valence-electron chi connectivity index (χ1n) is 6.57. The second-order valence-corrected chi connectivity index (χ2v) is 5.85. The van der Waals surface area contributed by atoms with Crippen molar-refractivity contribution < 1.29 is 4.79 Å². The quantitative estimate of drug-likeness (QED) is 0.733. The summed E-state index contributed by atoms with van der Waals surface area (Å²) >= 11 is 0. The molecule has 0 saturated carbocycles. The first kappa shape index (κ1) is 15.8. The molecule has 1 aromatic carbocycles. The minimum atomic E-state index is -0.368. The topological polar surface area (TPSA) is 90.9 Å². The van der Waals surface area contributed by atoms with Gasteiger partial charge < -0.3 is 16.4 Å². The summed E-state index contributed by atoms with van der Waals surface area (Å²) in [5.41, 5.74) is 7.66. The van der Waals surface area contributed by atoms with Crippen LogP contribution in [-0.2, 0) is 11.2 Å². The van der Waals surface area contributed by atoms with E-state index in [4.69, 9.17) is 11.0 Å². The molecule has 108 valence electrons. The second-order valence-electron chi connectivity index (χ2n) is 5.85. The van der Waals surface area contributed by atoms with Gasteiger partial charge in [0.2, 0.25) is 5.91 Å². The van der Waals surface area contributed by atoms with Crippen molar-refractivity contribution >= 4 is 17.3 Å². The van der Waals surface area contributed by atoms with Crippen molar-refractivity contribution in [1.29, 1.82) is 5.26 Å². The Hall–Kier alpha value is -2.22. The van der Waals surface area contributed by atoms with Crippen LogP contribution in [0.3, 0.4) is 0 Å². The van der Waals surface area contributed by atoms with E-state index in [2.05, 4.69) is 16.7 Å². The van der Waals surface area contributed by atoms with E-state index in [1.165, 1.54) is 0 Å². The molecule has 1 atom stereocenters. The summed E-state index contributed by atoms with van der Waals surface area (Å²) in [6.45, 7) is 7.60. The number of carbonyl (C=O) groups excluding carboxylic acids is 1. The van der Waals surface area contributed by atoms with Crippen molar-refractivity contribution in [2.45, 2.75) is 45.7 Å². The fourth-order valence-electron chi connectivity index (χ4n) is 1.73. The summed E-state index contributed by atoms with van der Waals surface area (Å²) in [5, 5.41) is 14.8. The predicted octanol–water partition coefficient (Wildman–Crippen LogP) is 2.05. The molecule has 0 saturated heterocycles. The monoisotopic (exact) mass is 274 g/mol. The number of rotatable bonds is 4. The number of hydrogen-bond acceptors (Lipinski definition) is 4. The van der Waals surface area contributed by atoms with E-state index in [9.17, 15) is 4.79 Å². The number of nitrogens with two attached hydrogens (primary N) is 1. The summed E-state index contributed by atoms with van der Waals surface area (Å²) in [6, 6.07) is 7.05. The molecule has 0 radical (unpaired) electrons. The van der Waals surface area contributed by atoms with E-state index >= 15 is 0 Å². The number of anilines is 2. The molecule has 0 aliphatic rings. The Morgan fingerprint density at radius 3 is 2.65 bits per heavy atom. The maximum Gasteiger partial charge on any atom is 0.242 e. The first-order valence-corrected chi connectivity index (χ1v) is 6.57. The molecule has 20 heavy (non-hydrogen) atoms. The zero-order valence-electron chi connectivity index (χ0n) is 12.4. The predicted molar refractivity (Wildman–Crippen MR) is 81.2 cm³/mol. The highest BCUT2D eigenvalue weighted by atomic mass is 16.2. The average Bonchev–Trinajstić information content (AvgIpc) is 2.31. The molecule has 0 aliphatic heterocycles. The van der Waals surface area contributed by atoms with Crippen LogP contribution in [-0.4, -0.2) is 17.5 Å². The van der Waals surface area contributed by atoms with Crippen LogP contribution in [0.25, 0.3) is 0 Å². The number of benzene rings is 1. The van der Waals surface area contributed by atoms with Gasteiger partial charge in [-0.1, -0.05) is 0 Å². The van der Waals surface area contributed by atoms with Crippen LogP contribution in [0.4, 0.5) is 11.4 Å². The number of nitrogens with zero attached hydrogens (tertiary/aromatic N) is 1. The maximum atomic E-state index is 12.0. The van der Waals surface area contributed by atoms with Crippen LogP contribution in [0.1, 0.15) is 33.3 Å². The van der Waals surface area contributed by atoms with E-state index in [0.717, 1.165) is 11.3 Å². The number of carbonyl (C=O) groups is 1.